The summed E-state index contributed by atoms with van der Waals surface area (Å²) in [5.74, 6) is -0.264. The summed E-state index contributed by atoms with van der Waals surface area (Å²) in [6.45, 7) is 13.9. The highest BCUT2D eigenvalue weighted by Gasteiger charge is 2.43. The fourth-order valence-electron chi connectivity index (χ4n) is 5.20. The first kappa shape index (κ1) is 30.0. The van der Waals surface area contributed by atoms with Gasteiger partial charge in [0.25, 0.3) is 11.8 Å². The lowest BCUT2D eigenvalue weighted by Crippen LogP contribution is -2.55. The second-order valence-corrected chi connectivity index (χ2v) is 18.7. The van der Waals surface area contributed by atoms with Crippen LogP contribution in [0.3, 0.4) is 0 Å². The normalized spacial score (nSPS) is 21.8. The van der Waals surface area contributed by atoms with Crippen LogP contribution in [-0.2, 0) is 25.6 Å². The van der Waals surface area contributed by atoms with Gasteiger partial charge in [0.2, 0.25) is 5.91 Å². The van der Waals surface area contributed by atoms with E-state index in [0.29, 0.717) is 37.5 Å². The predicted octanol–water partition coefficient (Wildman–Crippen LogP) is 4.25. The summed E-state index contributed by atoms with van der Waals surface area (Å²) in [5.41, 5.74) is 0.751. The molecule has 0 aromatic heterocycles. The maximum atomic E-state index is 13.3. The Morgan fingerprint density at radius 2 is 1.85 bits per heavy atom. The fourth-order valence-corrected chi connectivity index (χ4v) is 5.96. The first-order valence-corrected chi connectivity index (χ1v) is 17.9. The average molecular weight is 574 g/mol. The third-order valence-electron chi connectivity index (χ3n) is 7.43. The van der Waals surface area contributed by atoms with Gasteiger partial charge in [-0.3, -0.25) is 19.3 Å². The van der Waals surface area contributed by atoms with E-state index in [2.05, 4.69) is 19.6 Å². The molecule has 40 heavy (non-hydrogen) atoms. The third kappa shape index (κ3) is 7.23. The van der Waals surface area contributed by atoms with Crippen molar-refractivity contribution in [2.75, 3.05) is 26.5 Å². The van der Waals surface area contributed by atoms with Crippen LogP contribution in [0.15, 0.2) is 18.2 Å². The van der Waals surface area contributed by atoms with Gasteiger partial charge in [0, 0.05) is 39.8 Å². The quantitative estimate of drug-likeness (QED) is 0.247. The van der Waals surface area contributed by atoms with Crippen LogP contribution in [-0.4, -0.2) is 90.8 Å². The van der Waals surface area contributed by atoms with Gasteiger partial charge in [0.15, 0.2) is 0 Å². The molecule has 220 valence electrons. The molecule has 1 aromatic carbocycles. The zero-order chi connectivity index (χ0) is 29.2. The van der Waals surface area contributed by atoms with Crippen molar-refractivity contribution >= 4 is 31.9 Å². The predicted molar refractivity (Wildman–Crippen MR) is 152 cm³/mol. The van der Waals surface area contributed by atoms with E-state index in [9.17, 15) is 19.2 Å². The van der Waals surface area contributed by atoms with Gasteiger partial charge < -0.3 is 24.0 Å². The summed E-state index contributed by atoms with van der Waals surface area (Å²) in [5, 5.41) is 0. The van der Waals surface area contributed by atoms with Crippen LogP contribution in [0, 0.1) is 0 Å². The van der Waals surface area contributed by atoms with Gasteiger partial charge in [-0.1, -0.05) is 19.6 Å². The van der Waals surface area contributed by atoms with Gasteiger partial charge in [0.1, 0.15) is 30.7 Å². The molecule has 3 aliphatic heterocycles. The van der Waals surface area contributed by atoms with Crippen molar-refractivity contribution in [1.29, 1.82) is 0 Å². The van der Waals surface area contributed by atoms with Gasteiger partial charge >= 0.3 is 6.09 Å². The molecule has 1 aromatic rings. The number of piperidine rings is 1. The number of nitrogens with zero attached hydrogens (tertiary/aromatic N) is 3. The molecule has 0 N–H and O–H groups in total. The van der Waals surface area contributed by atoms with Crippen LogP contribution < -0.4 is 4.74 Å². The lowest BCUT2D eigenvalue weighted by molar-refractivity contribution is -0.158. The second-order valence-electron chi connectivity index (χ2n) is 13.1. The second kappa shape index (κ2) is 11.9. The monoisotopic (exact) mass is 573 g/mol. The third-order valence-corrected chi connectivity index (χ3v) is 9.14. The Hall–Kier alpha value is -2.92. The molecule has 4 amide bonds. The van der Waals surface area contributed by atoms with Crippen molar-refractivity contribution in [3.63, 3.8) is 0 Å². The summed E-state index contributed by atoms with van der Waals surface area (Å²) in [6, 6.07) is 5.45. The molecule has 0 radical (unpaired) electrons. The molecular formula is C29H43N3O7Si. The summed E-state index contributed by atoms with van der Waals surface area (Å²) in [7, 11) is -1.29. The molecule has 10 nitrogen and oxygen atoms in total. The molecule has 4 rings (SSSR count). The minimum absolute atomic E-state index is 0.0763. The number of ether oxygens (including phenoxy) is 3. The lowest BCUT2D eigenvalue weighted by Gasteiger charge is -2.35. The van der Waals surface area contributed by atoms with E-state index in [0.717, 1.165) is 29.3 Å². The highest BCUT2D eigenvalue weighted by Crippen LogP contribution is 2.32. The smallest absolute Gasteiger partial charge is 0.410 e. The number of rotatable bonds is 9. The van der Waals surface area contributed by atoms with E-state index < -0.39 is 19.7 Å². The molecule has 3 heterocycles. The number of hydrogen-bond acceptors (Lipinski definition) is 7. The van der Waals surface area contributed by atoms with Gasteiger partial charge in [-0.15, -0.1) is 0 Å². The maximum absolute atomic E-state index is 13.3. The number of amides is 4. The highest BCUT2D eigenvalue weighted by atomic mass is 28.3. The van der Waals surface area contributed by atoms with Crippen molar-refractivity contribution in [3.05, 3.63) is 29.3 Å². The van der Waals surface area contributed by atoms with Crippen LogP contribution in [0.2, 0.25) is 25.7 Å². The van der Waals surface area contributed by atoms with Crippen LogP contribution in [0.1, 0.15) is 62.4 Å². The van der Waals surface area contributed by atoms with Gasteiger partial charge in [-0.2, -0.15) is 0 Å². The van der Waals surface area contributed by atoms with Crippen molar-refractivity contribution in [3.8, 4) is 5.75 Å². The first-order chi connectivity index (χ1) is 18.7. The summed E-state index contributed by atoms with van der Waals surface area (Å²) in [4.78, 5) is 56.0. The molecule has 0 spiro atoms. The molecule has 1 unspecified atom stereocenters. The molecule has 0 bridgehead atoms. The molecule has 2 atom stereocenters. The van der Waals surface area contributed by atoms with E-state index in [-0.39, 0.29) is 49.6 Å². The van der Waals surface area contributed by atoms with Crippen LogP contribution in [0.25, 0.3) is 0 Å². The summed E-state index contributed by atoms with van der Waals surface area (Å²) < 4.78 is 17.3. The van der Waals surface area contributed by atoms with Crippen LogP contribution in [0.5, 0.6) is 5.75 Å². The molecule has 0 aliphatic carbocycles. The van der Waals surface area contributed by atoms with E-state index in [1.54, 1.807) is 21.9 Å². The number of likely N-dealkylation sites (tertiary alicyclic amines) is 2. The van der Waals surface area contributed by atoms with E-state index in [1.165, 1.54) is 0 Å². The maximum Gasteiger partial charge on any atom is 0.410 e. The van der Waals surface area contributed by atoms with E-state index in [1.807, 2.05) is 26.8 Å². The van der Waals surface area contributed by atoms with Crippen molar-refractivity contribution in [1.82, 2.24) is 14.7 Å². The molecular weight excluding hydrogens is 530 g/mol. The molecule has 11 heteroatoms. The topological polar surface area (TPSA) is 106 Å². The number of carbonyl (C=O) groups excluding carboxylic acids is 4. The Kier molecular flexibility index (Phi) is 8.94. The van der Waals surface area contributed by atoms with Crippen molar-refractivity contribution < 1.29 is 33.4 Å². The van der Waals surface area contributed by atoms with Gasteiger partial charge in [-0.05, 0) is 69.8 Å². The molecule has 0 saturated carbocycles. The molecule has 2 fully saturated rings. The number of benzene rings is 1. The Labute approximate surface area is 237 Å². The lowest BCUT2D eigenvalue weighted by atomic mass is 10.0. The SMILES string of the molecule is CC(C)(C)OC(=O)N1CCC[C@@H]1COc1ccc2c(c1)CN(C1CCC(=O)N(COCC[Si](C)(C)C)C1=O)C2=O. The van der Waals surface area contributed by atoms with E-state index in [4.69, 9.17) is 14.2 Å². The Bertz CT molecular complexity index is 1140. The minimum Gasteiger partial charge on any atom is -0.491 e. The standard InChI is InChI=1S/C29H43N3O7Si/c1-29(2,3)39-28(36)30-13-7-8-21(30)18-38-22-9-10-23-20(16-22)17-31(26(23)34)24-11-12-25(33)32(27(24)35)19-37-14-15-40(4,5)6/h9-10,16,21,24H,7-8,11-15,17-19H2,1-6H3/t21-,24?/m1/s1. The summed E-state index contributed by atoms with van der Waals surface area (Å²) in [6.07, 6.45) is 1.88. The van der Waals surface area contributed by atoms with Gasteiger partial charge in [-0.25, -0.2) is 4.79 Å². The van der Waals surface area contributed by atoms with Crippen molar-refractivity contribution in [2.45, 2.75) is 96.4 Å². The van der Waals surface area contributed by atoms with Crippen LogP contribution in [0.4, 0.5) is 4.79 Å². The van der Waals surface area contributed by atoms with E-state index >= 15 is 0 Å². The number of imide groups is 1. The zero-order valence-electron chi connectivity index (χ0n) is 24.7. The van der Waals surface area contributed by atoms with Gasteiger partial charge in [0.05, 0.1) is 6.04 Å². The Morgan fingerprint density at radius 3 is 2.55 bits per heavy atom. The van der Waals surface area contributed by atoms with Crippen molar-refractivity contribution in [2.24, 2.45) is 0 Å². The Morgan fingerprint density at radius 1 is 1.10 bits per heavy atom. The largest absolute Gasteiger partial charge is 0.491 e. The first-order valence-electron chi connectivity index (χ1n) is 14.2. The highest BCUT2D eigenvalue weighted by molar-refractivity contribution is 6.76. The average Bonchev–Trinajstić information content (AvgIpc) is 3.45. The number of hydrogen-bond donors (Lipinski definition) is 0. The number of fused-ring (bicyclic) bond motifs is 1. The zero-order valence-corrected chi connectivity index (χ0v) is 25.7. The summed E-state index contributed by atoms with van der Waals surface area (Å²) >= 11 is 0. The minimum atomic E-state index is -1.29. The molecule has 3 aliphatic rings. The van der Waals surface area contributed by atoms with Crippen LogP contribution >= 0.6 is 0 Å². The Balaban J connectivity index is 1.35. The number of carbonyl (C=O) groups is 4. The molecule has 2 saturated heterocycles. The fraction of sp³-hybridized carbons (Fsp3) is 0.655.